The fourth-order valence-electron chi connectivity index (χ4n) is 2.32. The predicted octanol–water partition coefficient (Wildman–Crippen LogP) is 0.509. The van der Waals surface area contributed by atoms with Gasteiger partial charge in [0.05, 0.1) is 24.6 Å². The Morgan fingerprint density at radius 1 is 1.35 bits per heavy atom. The van der Waals surface area contributed by atoms with Crippen LogP contribution in [0.15, 0.2) is 18.2 Å². The molecule has 2 aliphatic heterocycles. The molecule has 2 N–H and O–H groups in total. The number of carbonyl (C=O) groups is 1. The summed E-state index contributed by atoms with van der Waals surface area (Å²) < 4.78 is 5.30. The Kier molecular flexibility index (Phi) is 2.49. The van der Waals surface area contributed by atoms with E-state index in [0.717, 1.165) is 24.5 Å². The summed E-state index contributed by atoms with van der Waals surface area (Å²) in [6.45, 7) is 3.01. The molecule has 17 heavy (non-hydrogen) atoms. The highest BCUT2D eigenvalue weighted by Gasteiger charge is 2.31. The number of ether oxygens (including phenoxy) is 1. The van der Waals surface area contributed by atoms with Crippen LogP contribution < -0.4 is 10.2 Å². The summed E-state index contributed by atoms with van der Waals surface area (Å²) in [4.78, 5) is 13.6. The number of aliphatic hydroxyl groups excluding tert-OH is 1. The Hall–Kier alpha value is -1.59. The second kappa shape index (κ2) is 4.01. The largest absolute Gasteiger partial charge is 0.378 e. The van der Waals surface area contributed by atoms with Crippen LogP contribution in [-0.2, 0) is 9.53 Å². The molecule has 2 aliphatic rings. The summed E-state index contributed by atoms with van der Waals surface area (Å²) >= 11 is 0. The lowest BCUT2D eigenvalue weighted by molar-refractivity contribution is -0.123. The van der Waals surface area contributed by atoms with Gasteiger partial charge < -0.3 is 20.1 Å². The number of carbonyl (C=O) groups excluding carboxylic acids is 1. The highest BCUT2D eigenvalue weighted by molar-refractivity contribution is 6.05. The number of fused-ring (bicyclic) bond motifs is 1. The minimum Gasteiger partial charge on any atom is -0.378 e. The lowest BCUT2D eigenvalue weighted by Crippen LogP contribution is -2.36. The third kappa shape index (κ3) is 1.67. The standard InChI is InChI=1S/C12H14N2O3/c15-11-8-2-1-3-9(10(8)13-12(11)16)14-4-6-17-7-5-14/h1-3,11,15H,4-7H2,(H,13,16). The van der Waals surface area contributed by atoms with Gasteiger partial charge in [-0.05, 0) is 6.07 Å². The van der Waals surface area contributed by atoms with Crippen LogP contribution in [0.4, 0.5) is 11.4 Å². The van der Waals surface area contributed by atoms with Gasteiger partial charge in [0.25, 0.3) is 5.91 Å². The van der Waals surface area contributed by atoms with E-state index in [1.54, 1.807) is 6.07 Å². The molecule has 2 heterocycles. The van der Waals surface area contributed by atoms with E-state index < -0.39 is 6.10 Å². The Morgan fingerprint density at radius 2 is 2.12 bits per heavy atom. The average Bonchev–Trinajstić information content (AvgIpc) is 2.67. The Labute approximate surface area is 99.0 Å². The van der Waals surface area contributed by atoms with Crippen LogP contribution in [0.3, 0.4) is 0 Å². The van der Waals surface area contributed by atoms with Crippen molar-refractivity contribution < 1.29 is 14.6 Å². The number of aliphatic hydroxyl groups is 1. The Morgan fingerprint density at radius 3 is 2.88 bits per heavy atom. The zero-order chi connectivity index (χ0) is 11.8. The molecule has 1 saturated heterocycles. The molecule has 1 amide bonds. The van der Waals surface area contributed by atoms with Gasteiger partial charge >= 0.3 is 0 Å². The second-order valence-corrected chi connectivity index (χ2v) is 4.23. The third-order valence-electron chi connectivity index (χ3n) is 3.22. The molecule has 0 saturated carbocycles. The molecule has 1 atom stereocenters. The molecule has 1 unspecified atom stereocenters. The number of nitrogens with one attached hydrogen (secondary N) is 1. The van der Waals surface area contributed by atoms with Gasteiger partial charge in [-0.3, -0.25) is 4.79 Å². The maximum absolute atomic E-state index is 11.5. The first kappa shape index (κ1) is 10.6. The Bertz CT molecular complexity index is 455. The van der Waals surface area contributed by atoms with E-state index in [1.807, 2.05) is 12.1 Å². The summed E-state index contributed by atoms with van der Waals surface area (Å²) in [5, 5.41) is 12.5. The van der Waals surface area contributed by atoms with Gasteiger partial charge in [-0.2, -0.15) is 0 Å². The van der Waals surface area contributed by atoms with Crippen molar-refractivity contribution >= 4 is 17.3 Å². The number of morpholine rings is 1. The van der Waals surface area contributed by atoms with Crippen LogP contribution in [0.5, 0.6) is 0 Å². The minimum absolute atomic E-state index is 0.347. The number of anilines is 2. The van der Waals surface area contributed by atoms with Crippen LogP contribution in [0.1, 0.15) is 11.7 Å². The molecule has 0 aromatic heterocycles. The molecular formula is C12H14N2O3. The first-order valence-corrected chi connectivity index (χ1v) is 5.72. The van der Waals surface area contributed by atoms with E-state index in [0.29, 0.717) is 18.8 Å². The lowest BCUT2D eigenvalue weighted by atomic mass is 10.1. The van der Waals surface area contributed by atoms with Crippen molar-refractivity contribution in [3.05, 3.63) is 23.8 Å². The van der Waals surface area contributed by atoms with Crippen molar-refractivity contribution in [1.29, 1.82) is 0 Å². The summed E-state index contributed by atoms with van der Waals surface area (Å²) in [6, 6.07) is 5.61. The summed E-state index contributed by atoms with van der Waals surface area (Å²) in [6.07, 6.45) is -1.04. The highest BCUT2D eigenvalue weighted by Crippen LogP contribution is 2.38. The van der Waals surface area contributed by atoms with E-state index >= 15 is 0 Å². The molecule has 0 radical (unpaired) electrons. The predicted molar refractivity (Wildman–Crippen MR) is 63.1 cm³/mol. The van der Waals surface area contributed by atoms with E-state index in [2.05, 4.69) is 10.2 Å². The zero-order valence-corrected chi connectivity index (χ0v) is 9.35. The fraction of sp³-hybridized carbons (Fsp3) is 0.417. The molecule has 0 bridgehead atoms. The number of nitrogens with zero attached hydrogens (tertiary/aromatic N) is 1. The number of amides is 1. The molecule has 1 fully saturated rings. The van der Waals surface area contributed by atoms with Crippen LogP contribution in [0.25, 0.3) is 0 Å². The molecule has 90 valence electrons. The van der Waals surface area contributed by atoms with E-state index in [9.17, 15) is 9.90 Å². The first-order chi connectivity index (χ1) is 8.27. The maximum atomic E-state index is 11.5. The summed E-state index contributed by atoms with van der Waals surface area (Å²) in [5.41, 5.74) is 2.38. The lowest BCUT2D eigenvalue weighted by Gasteiger charge is -2.30. The Balaban J connectivity index is 1.99. The topological polar surface area (TPSA) is 61.8 Å². The van der Waals surface area contributed by atoms with Gasteiger partial charge in [0.15, 0.2) is 6.10 Å². The van der Waals surface area contributed by atoms with Gasteiger partial charge in [-0.25, -0.2) is 0 Å². The monoisotopic (exact) mass is 234 g/mol. The number of para-hydroxylation sites is 1. The summed E-state index contributed by atoms with van der Waals surface area (Å²) in [7, 11) is 0. The number of rotatable bonds is 1. The van der Waals surface area contributed by atoms with Crippen LogP contribution in [0.2, 0.25) is 0 Å². The van der Waals surface area contributed by atoms with Crippen LogP contribution >= 0.6 is 0 Å². The van der Waals surface area contributed by atoms with Crippen molar-refractivity contribution in [2.75, 3.05) is 36.5 Å². The molecule has 5 nitrogen and oxygen atoms in total. The van der Waals surface area contributed by atoms with Crippen molar-refractivity contribution in [3.63, 3.8) is 0 Å². The summed E-state index contributed by atoms with van der Waals surface area (Å²) in [5.74, 6) is -0.347. The van der Waals surface area contributed by atoms with Gasteiger partial charge in [-0.1, -0.05) is 12.1 Å². The van der Waals surface area contributed by atoms with E-state index in [1.165, 1.54) is 0 Å². The van der Waals surface area contributed by atoms with Gasteiger partial charge in [0, 0.05) is 18.7 Å². The fourth-order valence-corrected chi connectivity index (χ4v) is 2.32. The van der Waals surface area contributed by atoms with Crippen LogP contribution in [0, 0.1) is 0 Å². The quantitative estimate of drug-likeness (QED) is 0.743. The van der Waals surface area contributed by atoms with Crippen molar-refractivity contribution in [3.8, 4) is 0 Å². The minimum atomic E-state index is -1.04. The molecule has 1 aromatic rings. The molecular weight excluding hydrogens is 220 g/mol. The molecule has 1 aromatic carbocycles. The molecule has 3 rings (SSSR count). The first-order valence-electron chi connectivity index (χ1n) is 5.72. The third-order valence-corrected chi connectivity index (χ3v) is 3.22. The smallest absolute Gasteiger partial charge is 0.257 e. The number of hydrogen-bond donors (Lipinski definition) is 2. The van der Waals surface area contributed by atoms with Crippen LogP contribution in [-0.4, -0.2) is 37.3 Å². The maximum Gasteiger partial charge on any atom is 0.257 e. The second-order valence-electron chi connectivity index (χ2n) is 4.23. The van der Waals surface area contributed by atoms with E-state index in [4.69, 9.17) is 4.74 Å². The van der Waals surface area contributed by atoms with Gasteiger partial charge in [0.2, 0.25) is 0 Å². The van der Waals surface area contributed by atoms with Gasteiger partial charge in [0.1, 0.15) is 0 Å². The average molecular weight is 234 g/mol. The van der Waals surface area contributed by atoms with Gasteiger partial charge in [-0.15, -0.1) is 0 Å². The SMILES string of the molecule is O=C1Nc2c(cccc2N2CCOCC2)C1O. The molecule has 0 aliphatic carbocycles. The molecule has 5 heteroatoms. The van der Waals surface area contributed by atoms with E-state index in [-0.39, 0.29) is 5.91 Å². The van der Waals surface area contributed by atoms with Crippen molar-refractivity contribution in [1.82, 2.24) is 0 Å². The highest BCUT2D eigenvalue weighted by atomic mass is 16.5. The number of benzene rings is 1. The normalized spacial score (nSPS) is 23.5. The van der Waals surface area contributed by atoms with Crippen molar-refractivity contribution in [2.24, 2.45) is 0 Å². The zero-order valence-electron chi connectivity index (χ0n) is 9.35. The number of hydrogen-bond acceptors (Lipinski definition) is 4. The molecule has 0 spiro atoms. The van der Waals surface area contributed by atoms with Crippen molar-refractivity contribution in [2.45, 2.75) is 6.10 Å².